The summed E-state index contributed by atoms with van der Waals surface area (Å²) in [5.74, 6) is 0.814. The number of aromatic nitrogens is 1. The van der Waals surface area contributed by atoms with Crippen LogP contribution in [0.1, 0.15) is 53.9 Å². The van der Waals surface area contributed by atoms with Crippen LogP contribution >= 0.6 is 0 Å². The van der Waals surface area contributed by atoms with Gasteiger partial charge in [-0.15, -0.1) is 0 Å². The highest BCUT2D eigenvalue weighted by Gasteiger charge is 2.43. The van der Waals surface area contributed by atoms with Crippen LogP contribution in [0.3, 0.4) is 0 Å². The van der Waals surface area contributed by atoms with Gasteiger partial charge in [0.1, 0.15) is 11.4 Å². The second kappa shape index (κ2) is 7.41. The summed E-state index contributed by atoms with van der Waals surface area (Å²) in [5, 5.41) is 22.8. The highest BCUT2D eigenvalue weighted by Crippen LogP contribution is 2.44. The van der Waals surface area contributed by atoms with Crippen LogP contribution in [0.4, 0.5) is 0 Å². The van der Waals surface area contributed by atoms with Crippen LogP contribution in [0.5, 0.6) is 5.75 Å². The average Bonchev–Trinajstić information content (AvgIpc) is 3.04. The van der Waals surface area contributed by atoms with Crippen LogP contribution < -0.4 is 4.74 Å². The van der Waals surface area contributed by atoms with E-state index in [4.69, 9.17) is 4.74 Å². The molecule has 1 saturated heterocycles. The molecule has 3 heterocycles. The van der Waals surface area contributed by atoms with E-state index in [1.807, 2.05) is 31.2 Å². The maximum atomic E-state index is 11.1. The summed E-state index contributed by atoms with van der Waals surface area (Å²) in [6.45, 7) is 6.43. The van der Waals surface area contributed by atoms with Gasteiger partial charge in [0.05, 0.1) is 12.2 Å². The molecule has 1 fully saturated rings. The molecular weight excluding hydrogens is 376 g/mol. The van der Waals surface area contributed by atoms with Gasteiger partial charge in [0.2, 0.25) is 0 Å². The van der Waals surface area contributed by atoms with Gasteiger partial charge in [0, 0.05) is 53.8 Å². The van der Waals surface area contributed by atoms with E-state index in [9.17, 15) is 10.2 Å². The number of hydrogen-bond donors (Lipinski definition) is 3. The molecule has 5 nitrogen and oxygen atoms in total. The molecule has 0 bridgehead atoms. The molecule has 1 spiro atoms. The van der Waals surface area contributed by atoms with Gasteiger partial charge in [0.15, 0.2) is 0 Å². The molecule has 0 saturated carbocycles. The Morgan fingerprint density at radius 1 is 1.17 bits per heavy atom. The second-order valence-corrected chi connectivity index (χ2v) is 9.07. The molecule has 0 amide bonds. The lowest BCUT2D eigenvalue weighted by Gasteiger charge is -2.46. The third-order valence-corrected chi connectivity index (χ3v) is 6.89. The molecule has 2 atom stereocenters. The van der Waals surface area contributed by atoms with Crippen molar-refractivity contribution in [3.63, 3.8) is 0 Å². The van der Waals surface area contributed by atoms with E-state index in [-0.39, 0.29) is 5.60 Å². The minimum absolute atomic E-state index is 0.302. The Hall–Kier alpha value is -2.34. The summed E-state index contributed by atoms with van der Waals surface area (Å²) in [5.41, 5.74) is 4.93. The smallest absolute Gasteiger partial charge is 0.125 e. The minimum atomic E-state index is -0.533. The molecule has 5 rings (SSSR count). The number of nitrogens with zero attached hydrogens (tertiary/aromatic N) is 1. The van der Waals surface area contributed by atoms with Gasteiger partial charge in [-0.1, -0.05) is 30.3 Å². The number of rotatable bonds is 3. The molecule has 158 valence electrons. The fraction of sp³-hybridized carbons (Fsp3) is 0.440. The first-order chi connectivity index (χ1) is 14.4. The SMILES string of the molecule is Cc1ccc2c([C@@H](O)CN3CCC4(CC3)C[C@H](O)c3ccccc3O4)c(C)[nH]c2c1. The number of aromatic amines is 1. The van der Waals surface area contributed by atoms with Crippen molar-refractivity contribution in [2.24, 2.45) is 0 Å². The van der Waals surface area contributed by atoms with E-state index < -0.39 is 12.2 Å². The Kier molecular flexibility index (Phi) is 4.85. The lowest BCUT2D eigenvalue weighted by Crippen LogP contribution is -2.51. The van der Waals surface area contributed by atoms with Gasteiger partial charge in [0.25, 0.3) is 0 Å². The van der Waals surface area contributed by atoms with E-state index in [1.165, 1.54) is 5.56 Å². The zero-order valence-electron chi connectivity index (χ0n) is 17.7. The molecule has 5 heteroatoms. The summed E-state index contributed by atoms with van der Waals surface area (Å²) in [7, 11) is 0. The summed E-state index contributed by atoms with van der Waals surface area (Å²) in [6, 6.07) is 14.1. The molecule has 2 aliphatic rings. The van der Waals surface area contributed by atoms with Crippen LogP contribution in [0.25, 0.3) is 10.9 Å². The van der Waals surface area contributed by atoms with Crippen molar-refractivity contribution in [2.75, 3.05) is 19.6 Å². The largest absolute Gasteiger partial charge is 0.487 e. The predicted octanol–water partition coefficient (Wildman–Crippen LogP) is 4.17. The number of likely N-dealkylation sites (tertiary alicyclic amines) is 1. The van der Waals surface area contributed by atoms with E-state index in [2.05, 4.69) is 35.0 Å². The summed E-state index contributed by atoms with van der Waals surface area (Å²) in [6.07, 6.45) is 1.36. The molecule has 2 aromatic carbocycles. The van der Waals surface area contributed by atoms with E-state index in [0.29, 0.717) is 13.0 Å². The first-order valence-electron chi connectivity index (χ1n) is 10.9. The number of para-hydroxylation sites is 1. The Morgan fingerprint density at radius 3 is 2.73 bits per heavy atom. The van der Waals surface area contributed by atoms with E-state index >= 15 is 0 Å². The number of fused-ring (bicyclic) bond motifs is 2. The summed E-state index contributed by atoms with van der Waals surface area (Å²) in [4.78, 5) is 5.74. The number of β-amino-alcohol motifs (C(OH)–C–C–N with tert-alkyl or cyclic N) is 1. The maximum absolute atomic E-state index is 11.1. The molecule has 3 N–H and O–H groups in total. The molecule has 1 aromatic heterocycles. The first-order valence-corrected chi connectivity index (χ1v) is 10.9. The third-order valence-electron chi connectivity index (χ3n) is 6.89. The highest BCUT2D eigenvalue weighted by molar-refractivity contribution is 5.85. The Balaban J connectivity index is 1.28. The second-order valence-electron chi connectivity index (χ2n) is 9.07. The Morgan fingerprint density at radius 2 is 1.93 bits per heavy atom. The van der Waals surface area contributed by atoms with Crippen molar-refractivity contribution >= 4 is 10.9 Å². The normalized spacial score (nSPS) is 22.1. The number of aliphatic hydroxyl groups is 2. The number of aryl methyl sites for hydroxylation is 2. The van der Waals surface area contributed by atoms with E-state index in [1.54, 1.807) is 0 Å². The number of H-pyrrole nitrogens is 1. The van der Waals surface area contributed by atoms with Crippen LogP contribution in [-0.4, -0.2) is 45.3 Å². The van der Waals surface area contributed by atoms with Crippen LogP contribution in [0.2, 0.25) is 0 Å². The molecule has 0 aliphatic carbocycles. The standard InChI is InChI=1S/C25H30N2O3/c1-16-7-8-18-20(13-16)26-17(2)24(18)22(29)15-27-11-9-25(10-12-27)14-21(28)19-5-3-4-6-23(19)30-25/h3-8,13,21-22,26,28-29H,9-12,14-15H2,1-2H3/t21-,22-/m0/s1. The van der Waals surface area contributed by atoms with Gasteiger partial charge in [-0.05, 0) is 44.4 Å². The first kappa shape index (κ1) is 19.6. The van der Waals surface area contributed by atoms with Crippen LogP contribution in [-0.2, 0) is 0 Å². The van der Waals surface area contributed by atoms with Crippen molar-refractivity contribution in [3.8, 4) is 5.75 Å². The van der Waals surface area contributed by atoms with Crippen molar-refractivity contribution < 1.29 is 14.9 Å². The van der Waals surface area contributed by atoms with Gasteiger partial charge < -0.3 is 24.8 Å². The molecule has 2 aliphatic heterocycles. The quantitative estimate of drug-likeness (QED) is 0.611. The highest BCUT2D eigenvalue weighted by atomic mass is 16.5. The van der Waals surface area contributed by atoms with Crippen molar-refractivity contribution in [3.05, 3.63) is 64.8 Å². The third kappa shape index (κ3) is 3.41. The van der Waals surface area contributed by atoms with Crippen molar-refractivity contribution in [1.82, 2.24) is 9.88 Å². The number of piperidine rings is 1. The zero-order chi connectivity index (χ0) is 20.9. The van der Waals surface area contributed by atoms with Gasteiger partial charge in [-0.3, -0.25) is 0 Å². The molecule has 3 aromatic rings. The summed E-state index contributed by atoms with van der Waals surface area (Å²) >= 11 is 0. The molecule has 0 radical (unpaired) electrons. The molecular formula is C25H30N2O3. The molecule has 0 unspecified atom stereocenters. The Labute approximate surface area is 177 Å². The monoisotopic (exact) mass is 406 g/mol. The van der Waals surface area contributed by atoms with Crippen LogP contribution in [0.15, 0.2) is 42.5 Å². The fourth-order valence-electron chi connectivity index (χ4n) is 5.27. The zero-order valence-corrected chi connectivity index (χ0v) is 17.7. The number of ether oxygens (including phenoxy) is 1. The van der Waals surface area contributed by atoms with Gasteiger partial charge in [-0.25, -0.2) is 0 Å². The Bertz CT molecular complexity index is 1070. The number of benzene rings is 2. The van der Waals surface area contributed by atoms with Crippen LogP contribution in [0, 0.1) is 13.8 Å². The topological polar surface area (TPSA) is 68.7 Å². The summed E-state index contributed by atoms with van der Waals surface area (Å²) < 4.78 is 6.39. The van der Waals surface area contributed by atoms with E-state index in [0.717, 1.165) is 59.4 Å². The van der Waals surface area contributed by atoms with Gasteiger partial charge in [-0.2, -0.15) is 0 Å². The lowest BCUT2D eigenvalue weighted by molar-refractivity contribution is -0.0587. The number of hydrogen-bond acceptors (Lipinski definition) is 4. The lowest BCUT2D eigenvalue weighted by atomic mass is 9.81. The minimum Gasteiger partial charge on any atom is -0.487 e. The van der Waals surface area contributed by atoms with Crippen molar-refractivity contribution in [1.29, 1.82) is 0 Å². The molecule has 30 heavy (non-hydrogen) atoms. The maximum Gasteiger partial charge on any atom is 0.125 e. The average molecular weight is 407 g/mol. The predicted molar refractivity (Wildman–Crippen MR) is 118 cm³/mol. The van der Waals surface area contributed by atoms with Gasteiger partial charge >= 0.3 is 0 Å². The van der Waals surface area contributed by atoms with Crippen molar-refractivity contribution in [2.45, 2.75) is 50.9 Å². The number of aliphatic hydroxyl groups excluding tert-OH is 2. The fourth-order valence-corrected chi connectivity index (χ4v) is 5.27. The number of nitrogens with one attached hydrogen (secondary N) is 1.